The average molecular weight is 272 g/mol. The molecule has 0 spiro atoms. The lowest BCUT2D eigenvalue weighted by molar-refractivity contribution is 0.139. The highest BCUT2D eigenvalue weighted by Crippen LogP contribution is 2.29. The molecule has 1 saturated heterocycles. The molecular weight excluding hydrogens is 253 g/mol. The minimum Gasteiger partial charge on any atom is -0.296 e. The number of halogens is 2. The smallest absolute Gasteiger partial charge is 0.0424 e. The third-order valence-corrected chi connectivity index (χ3v) is 4.04. The Hall–Kier alpha value is -0.240. The first-order valence-electron chi connectivity index (χ1n) is 6.26. The van der Waals surface area contributed by atoms with Crippen LogP contribution < -0.4 is 0 Å². The van der Waals surface area contributed by atoms with E-state index in [2.05, 4.69) is 18.7 Å². The maximum Gasteiger partial charge on any atom is 0.0424 e. The lowest BCUT2D eigenvalue weighted by Crippen LogP contribution is -2.36. The van der Waals surface area contributed by atoms with Crippen molar-refractivity contribution in [3.63, 3.8) is 0 Å². The zero-order chi connectivity index (χ0) is 12.4. The lowest BCUT2D eigenvalue weighted by Gasteiger charge is -2.35. The predicted molar refractivity (Wildman–Crippen MR) is 74.8 cm³/mol. The van der Waals surface area contributed by atoms with Crippen LogP contribution in [0.5, 0.6) is 0 Å². The van der Waals surface area contributed by atoms with Gasteiger partial charge in [-0.25, -0.2) is 0 Å². The standard InChI is InChI=1S/C14H19Cl2N/c1-10-4-3-5-17(9-10)11(2)12-6-13(15)8-14(16)7-12/h6-8,10-11H,3-5,9H2,1-2H3/t10-,11+/m0/s1. The molecule has 1 fully saturated rings. The quantitative estimate of drug-likeness (QED) is 0.748. The second kappa shape index (κ2) is 5.60. The van der Waals surface area contributed by atoms with Crippen LogP contribution in [0.1, 0.15) is 38.3 Å². The fourth-order valence-electron chi connectivity index (χ4n) is 2.60. The number of hydrogen-bond acceptors (Lipinski definition) is 1. The first kappa shape index (κ1) is 13.2. The molecule has 0 unspecified atom stereocenters. The van der Waals surface area contributed by atoms with Crippen molar-refractivity contribution in [3.8, 4) is 0 Å². The summed E-state index contributed by atoms with van der Waals surface area (Å²) < 4.78 is 0. The monoisotopic (exact) mass is 271 g/mol. The van der Waals surface area contributed by atoms with Gasteiger partial charge in [0.1, 0.15) is 0 Å². The van der Waals surface area contributed by atoms with Crippen molar-refractivity contribution < 1.29 is 0 Å². The molecule has 0 saturated carbocycles. The molecule has 1 nitrogen and oxygen atoms in total. The van der Waals surface area contributed by atoms with Gasteiger partial charge in [-0.05, 0) is 56.0 Å². The van der Waals surface area contributed by atoms with Gasteiger partial charge in [0.05, 0.1) is 0 Å². The third-order valence-electron chi connectivity index (χ3n) is 3.60. The Morgan fingerprint density at radius 3 is 2.47 bits per heavy atom. The van der Waals surface area contributed by atoms with Crippen molar-refractivity contribution in [2.24, 2.45) is 5.92 Å². The van der Waals surface area contributed by atoms with Gasteiger partial charge in [-0.3, -0.25) is 4.90 Å². The Morgan fingerprint density at radius 2 is 1.88 bits per heavy atom. The summed E-state index contributed by atoms with van der Waals surface area (Å²) in [6.07, 6.45) is 2.64. The maximum atomic E-state index is 6.06. The number of likely N-dealkylation sites (tertiary alicyclic amines) is 1. The van der Waals surface area contributed by atoms with Gasteiger partial charge in [-0.2, -0.15) is 0 Å². The molecule has 0 amide bonds. The number of rotatable bonds is 2. The highest BCUT2D eigenvalue weighted by Gasteiger charge is 2.22. The highest BCUT2D eigenvalue weighted by molar-refractivity contribution is 6.34. The van der Waals surface area contributed by atoms with Crippen LogP contribution in [0.4, 0.5) is 0 Å². The van der Waals surface area contributed by atoms with E-state index in [9.17, 15) is 0 Å². The van der Waals surface area contributed by atoms with Crippen LogP contribution in [0.15, 0.2) is 18.2 Å². The molecule has 17 heavy (non-hydrogen) atoms. The highest BCUT2D eigenvalue weighted by atomic mass is 35.5. The zero-order valence-corrected chi connectivity index (χ0v) is 11.9. The summed E-state index contributed by atoms with van der Waals surface area (Å²) in [4.78, 5) is 2.52. The summed E-state index contributed by atoms with van der Waals surface area (Å²) in [5.74, 6) is 0.792. The second-order valence-electron chi connectivity index (χ2n) is 5.12. The van der Waals surface area contributed by atoms with Crippen LogP contribution in [-0.2, 0) is 0 Å². The molecule has 1 aliphatic rings. The van der Waals surface area contributed by atoms with Crippen LogP contribution >= 0.6 is 23.2 Å². The molecule has 0 aromatic heterocycles. The van der Waals surface area contributed by atoms with Gasteiger partial charge in [0.25, 0.3) is 0 Å². The summed E-state index contributed by atoms with van der Waals surface area (Å²) in [7, 11) is 0. The van der Waals surface area contributed by atoms with Gasteiger partial charge in [-0.1, -0.05) is 30.1 Å². The van der Waals surface area contributed by atoms with Gasteiger partial charge < -0.3 is 0 Å². The van der Waals surface area contributed by atoms with Crippen molar-refractivity contribution in [1.82, 2.24) is 4.90 Å². The van der Waals surface area contributed by atoms with E-state index >= 15 is 0 Å². The Balaban J connectivity index is 2.15. The molecule has 2 rings (SSSR count). The lowest BCUT2D eigenvalue weighted by atomic mass is 9.97. The third kappa shape index (κ3) is 3.37. The summed E-state index contributed by atoms with van der Waals surface area (Å²) in [5.41, 5.74) is 1.22. The first-order valence-corrected chi connectivity index (χ1v) is 7.02. The molecule has 2 atom stereocenters. The maximum absolute atomic E-state index is 6.06. The van der Waals surface area contributed by atoms with Crippen LogP contribution in [-0.4, -0.2) is 18.0 Å². The van der Waals surface area contributed by atoms with Crippen molar-refractivity contribution in [3.05, 3.63) is 33.8 Å². The fraction of sp³-hybridized carbons (Fsp3) is 0.571. The number of nitrogens with zero attached hydrogens (tertiary/aromatic N) is 1. The Bertz CT molecular complexity index is 372. The largest absolute Gasteiger partial charge is 0.296 e. The predicted octanol–water partition coefficient (Wildman–Crippen LogP) is 4.79. The van der Waals surface area contributed by atoms with E-state index in [1.54, 1.807) is 6.07 Å². The van der Waals surface area contributed by atoms with Gasteiger partial charge >= 0.3 is 0 Å². The van der Waals surface area contributed by atoms with Gasteiger partial charge in [-0.15, -0.1) is 0 Å². The number of benzene rings is 1. The molecule has 1 aromatic carbocycles. The van der Waals surface area contributed by atoms with Gasteiger partial charge in [0.2, 0.25) is 0 Å². The molecule has 0 radical (unpaired) electrons. The van der Waals surface area contributed by atoms with Crippen LogP contribution in [0.2, 0.25) is 10.0 Å². The topological polar surface area (TPSA) is 3.24 Å². The molecule has 1 aliphatic heterocycles. The average Bonchev–Trinajstić information content (AvgIpc) is 2.26. The Labute approximate surface area is 114 Å². The van der Waals surface area contributed by atoms with Crippen molar-refractivity contribution in [2.45, 2.75) is 32.7 Å². The molecule has 0 bridgehead atoms. The van der Waals surface area contributed by atoms with E-state index in [-0.39, 0.29) is 0 Å². The minimum atomic E-state index is 0.397. The van der Waals surface area contributed by atoms with Crippen LogP contribution in [0.25, 0.3) is 0 Å². The summed E-state index contributed by atoms with van der Waals surface area (Å²) >= 11 is 12.1. The molecular formula is C14H19Cl2N. The van der Waals surface area contributed by atoms with Crippen molar-refractivity contribution in [2.75, 3.05) is 13.1 Å². The van der Waals surface area contributed by atoms with Crippen LogP contribution in [0.3, 0.4) is 0 Å². The normalized spacial score (nSPS) is 23.6. The molecule has 1 heterocycles. The second-order valence-corrected chi connectivity index (χ2v) is 5.99. The molecule has 0 aliphatic carbocycles. The van der Waals surface area contributed by atoms with E-state index in [0.717, 1.165) is 16.0 Å². The number of hydrogen-bond donors (Lipinski definition) is 0. The zero-order valence-electron chi connectivity index (χ0n) is 10.4. The minimum absolute atomic E-state index is 0.397. The van der Waals surface area contributed by atoms with E-state index in [4.69, 9.17) is 23.2 Å². The summed E-state index contributed by atoms with van der Waals surface area (Å²) in [6, 6.07) is 6.24. The Kier molecular flexibility index (Phi) is 4.35. The molecule has 94 valence electrons. The summed E-state index contributed by atoms with van der Waals surface area (Å²) in [6.45, 7) is 6.91. The molecule has 0 N–H and O–H groups in total. The fourth-order valence-corrected chi connectivity index (χ4v) is 3.15. The first-order chi connectivity index (χ1) is 8.06. The number of piperidine rings is 1. The van der Waals surface area contributed by atoms with Crippen molar-refractivity contribution in [1.29, 1.82) is 0 Å². The van der Waals surface area contributed by atoms with Gasteiger partial charge in [0, 0.05) is 22.6 Å². The Morgan fingerprint density at radius 1 is 1.24 bits per heavy atom. The molecule has 1 aromatic rings. The summed E-state index contributed by atoms with van der Waals surface area (Å²) in [5, 5.41) is 1.45. The molecule has 3 heteroatoms. The van der Waals surface area contributed by atoms with Crippen molar-refractivity contribution >= 4 is 23.2 Å². The van der Waals surface area contributed by atoms with E-state index in [1.807, 2.05) is 12.1 Å². The van der Waals surface area contributed by atoms with E-state index in [1.165, 1.54) is 31.5 Å². The van der Waals surface area contributed by atoms with Crippen LogP contribution in [0, 0.1) is 5.92 Å². The van der Waals surface area contributed by atoms with Gasteiger partial charge in [0.15, 0.2) is 0 Å². The van der Waals surface area contributed by atoms with E-state index < -0.39 is 0 Å². The van der Waals surface area contributed by atoms with E-state index in [0.29, 0.717) is 6.04 Å². The SMILES string of the molecule is C[C@H]1CCCN([C@H](C)c2cc(Cl)cc(Cl)c2)C1.